The zero-order valence-corrected chi connectivity index (χ0v) is 10.9. The van der Waals surface area contributed by atoms with Gasteiger partial charge in [-0.1, -0.05) is 12.8 Å². The van der Waals surface area contributed by atoms with Crippen molar-refractivity contribution in [2.45, 2.75) is 57.9 Å². The van der Waals surface area contributed by atoms with Gasteiger partial charge in [-0.25, -0.2) is 0 Å². The summed E-state index contributed by atoms with van der Waals surface area (Å²) in [5, 5.41) is 8.68. The minimum Gasteiger partial charge on any atom is -0.481 e. The standard InChI is InChI=1S/C14H25NO2/c1-11(10-13-2-3-13)15-8-6-12(7-9-15)4-5-14(16)17/h11-13H,2-10H2,1H3,(H,16,17). The van der Waals surface area contributed by atoms with Gasteiger partial charge in [0.25, 0.3) is 0 Å². The number of rotatable bonds is 6. The second kappa shape index (κ2) is 5.85. The van der Waals surface area contributed by atoms with Crippen molar-refractivity contribution in [3.63, 3.8) is 0 Å². The maximum absolute atomic E-state index is 10.5. The highest BCUT2D eigenvalue weighted by atomic mass is 16.4. The molecule has 1 atom stereocenters. The Morgan fingerprint density at radius 2 is 1.88 bits per heavy atom. The average molecular weight is 239 g/mol. The van der Waals surface area contributed by atoms with E-state index in [0.717, 1.165) is 18.4 Å². The number of likely N-dealkylation sites (tertiary alicyclic amines) is 1. The van der Waals surface area contributed by atoms with Crippen LogP contribution >= 0.6 is 0 Å². The lowest BCUT2D eigenvalue weighted by Gasteiger charge is -2.36. The smallest absolute Gasteiger partial charge is 0.303 e. The number of carbonyl (C=O) groups is 1. The molecule has 1 N–H and O–H groups in total. The molecule has 2 aliphatic rings. The zero-order chi connectivity index (χ0) is 12.3. The summed E-state index contributed by atoms with van der Waals surface area (Å²) >= 11 is 0. The van der Waals surface area contributed by atoms with E-state index in [1.54, 1.807) is 0 Å². The van der Waals surface area contributed by atoms with E-state index in [2.05, 4.69) is 11.8 Å². The Balaban J connectivity index is 1.64. The van der Waals surface area contributed by atoms with Gasteiger partial charge >= 0.3 is 5.97 Å². The topological polar surface area (TPSA) is 40.5 Å². The van der Waals surface area contributed by atoms with Gasteiger partial charge in [-0.3, -0.25) is 4.79 Å². The maximum Gasteiger partial charge on any atom is 0.303 e. The summed E-state index contributed by atoms with van der Waals surface area (Å²) in [5.74, 6) is 1.01. The lowest BCUT2D eigenvalue weighted by molar-refractivity contribution is -0.137. The first-order valence-corrected chi connectivity index (χ1v) is 7.11. The third-order valence-electron chi connectivity index (χ3n) is 4.41. The van der Waals surface area contributed by atoms with Gasteiger partial charge < -0.3 is 10.0 Å². The van der Waals surface area contributed by atoms with Crippen molar-refractivity contribution in [2.24, 2.45) is 11.8 Å². The predicted molar refractivity (Wildman–Crippen MR) is 68.0 cm³/mol. The Bertz CT molecular complexity index is 255. The van der Waals surface area contributed by atoms with Gasteiger partial charge in [0.2, 0.25) is 0 Å². The normalized spacial score (nSPS) is 24.8. The van der Waals surface area contributed by atoms with E-state index in [-0.39, 0.29) is 0 Å². The van der Waals surface area contributed by atoms with Gasteiger partial charge in [0.05, 0.1) is 0 Å². The van der Waals surface area contributed by atoms with Crippen LogP contribution in [0.25, 0.3) is 0 Å². The van der Waals surface area contributed by atoms with Gasteiger partial charge in [0.15, 0.2) is 0 Å². The SMILES string of the molecule is CC(CC1CC1)N1CCC(CCC(=O)O)CC1. The Morgan fingerprint density at radius 1 is 1.24 bits per heavy atom. The number of piperidine rings is 1. The van der Waals surface area contributed by atoms with Crippen LogP contribution in [0.4, 0.5) is 0 Å². The van der Waals surface area contributed by atoms with Crippen molar-refractivity contribution < 1.29 is 9.90 Å². The van der Waals surface area contributed by atoms with E-state index < -0.39 is 5.97 Å². The molecule has 2 fully saturated rings. The molecule has 0 radical (unpaired) electrons. The van der Waals surface area contributed by atoms with Gasteiger partial charge in [0.1, 0.15) is 0 Å². The predicted octanol–water partition coefficient (Wildman–Crippen LogP) is 2.75. The van der Waals surface area contributed by atoms with Gasteiger partial charge in [0, 0.05) is 12.5 Å². The molecule has 0 amide bonds. The number of aliphatic carboxylic acids is 1. The quantitative estimate of drug-likeness (QED) is 0.775. The Hall–Kier alpha value is -0.570. The first kappa shape index (κ1) is 12.9. The lowest BCUT2D eigenvalue weighted by atomic mass is 9.91. The molecule has 1 unspecified atom stereocenters. The summed E-state index contributed by atoms with van der Waals surface area (Å²) in [6.45, 7) is 4.71. The van der Waals surface area contributed by atoms with Gasteiger partial charge in [-0.05, 0) is 57.5 Å². The molecule has 98 valence electrons. The van der Waals surface area contributed by atoms with Crippen molar-refractivity contribution in [1.29, 1.82) is 0 Å². The first-order valence-electron chi connectivity index (χ1n) is 7.11. The first-order chi connectivity index (χ1) is 8.15. The third kappa shape index (κ3) is 4.30. The lowest BCUT2D eigenvalue weighted by Crippen LogP contribution is -2.40. The molecule has 0 aromatic carbocycles. The number of nitrogens with zero attached hydrogens (tertiary/aromatic N) is 1. The van der Waals surface area contributed by atoms with E-state index in [0.29, 0.717) is 12.3 Å². The highest BCUT2D eigenvalue weighted by Crippen LogP contribution is 2.35. The highest BCUT2D eigenvalue weighted by molar-refractivity contribution is 5.66. The highest BCUT2D eigenvalue weighted by Gasteiger charge is 2.28. The summed E-state index contributed by atoms with van der Waals surface area (Å²) in [5.41, 5.74) is 0. The van der Waals surface area contributed by atoms with Crippen LogP contribution in [-0.4, -0.2) is 35.1 Å². The summed E-state index contributed by atoms with van der Waals surface area (Å²) in [6, 6.07) is 0.739. The second-order valence-electron chi connectivity index (χ2n) is 5.94. The fraction of sp³-hybridized carbons (Fsp3) is 0.929. The molecule has 1 aliphatic carbocycles. The van der Waals surface area contributed by atoms with Crippen molar-refractivity contribution in [2.75, 3.05) is 13.1 Å². The summed E-state index contributed by atoms with van der Waals surface area (Å²) in [4.78, 5) is 13.1. The molecule has 2 rings (SSSR count). The van der Waals surface area contributed by atoms with E-state index >= 15 is 0 Å². The van der Waals surface area contributed by atoms with E-state index in [9.17, 15) is 4.79 Å². The van der Waals surface area contributed by atoms with Crippen LogP contribution < -0.4 is 0 Å². The Labute approximate surface area is 104 Å². The molecule has 0 bridgehead atoms. The summed E-state index contributed by atoms with van der Waals surface area (Å²) in [7, 11) is 0. The molecule has 1 saturated carbocycles. The molecule has 1 saturated heterocycles. The number of hydrogen-bond acceptors (Lipinski definition) is 2. The van der Waals surface area contributed by atoms with Crippen LogP contribution in [0, 0.1) is 11.8 Å². The number of carboxylic acid groups (broad SMARTS) is 1. The van der Waals surface area contributed by atoms with Crippen LogP contribution in [0.3, 0.4) is 0 Å². The number of carboxylic acids is 1. The Morgan fingerprint density at radius 3 is 2.41 bits per heavy atom. The second-order valence-corrected chi connectivity index (χ2v) is 5.94. The van der Waals surface area contributed by atoms with Crippen LogP contribution in [0.1, 0.15) is 51.9 Å². The molecular weight excluding hydrogens is 214 g/mol. The molecule has 1 heterocycles. The van der Waals surface area contributed by atoms with Crippen LogP contribution in [-0.2, 0) is 4.79 Å². The van der Waals surface area contributed by atoms with Gasteiger partial charge in [-0.2, -0.15) is 0 Å². The largest absolute Gasteiger partial charge is 0.481 e. The van der Waals surface area contributed by atoms with E-state index in [1.807, 2.05) is 0 Å². The van der Waals surface area contributed by atoms with Crippen molar-refractivity contribution in [3.05, 3.63) is 0 Å². The molecule has 3 nitrogen and oxygen atoms in total. The average Bonchev–Trinajstić information content (AvgIpc) is 3.11. The summed E-state index contributed by atoms with van der Waals surface area (Å²) < 4.78 is 0. The molecule has 1 aliphatic heterocycles. The number of hydrogen-bond donors (Lipinski definition) is 1. The van der Waals surface area contributed by atoms with Crippen LogP contribution in [0.5, 0.6) is 0 Å². The maximum atomic E-state index is 10.5. The molecular formula is C14H25NO2. The minimum absolute atomic E-state index is 0.349. The third-order valence-corrected chi connectivity index (χ3v) is 4.41. The molecule has 17 heavy (non-hydrogen) atoms. The zero-order valence-electron chi connectivity index (χ0n) is 10.9. The minimum atomic E-state index is -0.644. The van der Waals surface area contributed by atoms with E-state index in [1.165, 1.54) is 45.2 Å². The van der Waals surface area contributed by atoms with Crippen LogP contribution in [0.15, 0.2) is 0 Å². The van der Waals surface area contributed by atoms with Crippen molar-refractivity contribution in [3.8, 4) is 0 Å². The molecule has 0 aromatic heterocycles. The molecule has 0 aromatic rings. The molecule has 3 heteroatoms. The summed E-state index contributed by atoms with van der Waals surface area (Å²) in [6.07, 6.45) is 7.88. The van der Waals surface area contributed by atoms with Crippen molar-refractivity contribution in [1.82, 2.24) is 4.90 Å². The van der Waals surface area contributed by atoms with Gasteiger partial charge in [-0.15, -0.1) is 0 Å². The fourth-order valence-electron chi connectivity index (χ4n) is 3.00. The molecule has 0 spiro atoms. The van der Waals surface area contributed by atoms with Crippen LogP contribution in [0.2, 0.25) is 0 Å². The monoisotopic (exact) mass is 239 g/mol. The van der Waals surface area contributed by atoms with Crippen molar-refractivity contribution >= 4 is 5.97 Å². The fourth-order valence-corrected chi connectivity index (χ4v) is 3.00. The van der Waals surface area contributed by atoms with E-state index in [4.69, 9.17) is 5.11 Å². The Kier molecular flexibility index (Phi) is 4.43.